The highest BCUT2D eigenvalue weighted by molar-refractivity contribution is 14.1. The van der Waals surface area contributed by atoms with E-state index < -0.39 is 0 Å². The Balaban J connectivity index is 2.36. The molecule has 0 aromatic heterocycles. The number of hydrogen-bond acceptors (Lipinski definition) is 1. The Morgan fingerprint density at radius 1 is 1.25 bits per heavy atom. The second kappa shape index (κ2) is 4.35. The van der Waals surface area contributed by atoms with Gasteiger partial charge in [-0.05, 0) is 73.5 Å². The molecule has 1 aliphatic heterocycles. The Labute approximate surface area is 110 Å². The Morgan fingerprint density at radius 3 is 2.44 bits per heavy atom. The SMILES string of the molecule is CC1(C)CCCC(=O)N1c1ccc(I)cc1. The molecule has 1 aliphatic rings. The molecule has 0 N–H and O–H groups in total. The van der Waals surface area contributed by atoms with Gasteiger partial charge < -0.3 is 4.90 Å². The Hall–Kier alpha value is -0.580. The summed E-state index contributed by atoms with van der Waals surface area (Å²) in [6.07, 6.45) is 2.76. The first kappa shape index (κ1) is 11.9. The summed E-state index contributed by atoms with van der Waals surface area (Å²) in [5.74, 6) is 0.248. The summed E-state index contributed by atoms with van der Waals surface area (Å²) >= 11 is 2.28. The fraction of sp³-hybridized carbons (Fsp3) is 0.462. The van der Waals surface area contributed by atoms with Crippen LogP contribution in [0.5, 0.6) is 0 Å². The second-order valence-electron chi connectivity index (χ2n) is 4.87. The van der Waals surface area contributed by atoms with Crippen molar-refractivity contribution in [3.05, 3.63) is 27.8 Å². The maximum atomic E-state index is 12.0. The average molecular weight is 329 g/mol. The van der Waals surface area contributed by atoms with Gasteiger partial charge in [-0.25, -0.2) is 0 Å². The van der Waals surface area contributed by atoms with E-state index in [1.807, 2.05) is 29.2 Å². The Bertz CT molecular complexity index is 397. The molecule has 0 radical (unpaired) electrons. The molecule has 1 heterocycles. The molecule has 1 aromatic carbocycles. The van der Waals surface area contributed by atoms with Crippen LogP contribution in [-0.4, -0.2) is 11.4 Å². The molecule has 0 bridgehead atoms. The molecule has 1 saturated heterocycles. The van der Waals surface area contributed by atoms with Crippen LogP contribution in [0.4, 0.5) is 5.69 Å². The van der Waals surface area contributed by atoms with Crippen molar-refractivity contribution in [3.63, 3.8) is 0 Å². The molecule has 0 atom stereocenters. The van der Waals surface area contributed by atoms with E-state index >= 15 is 0 Å². The Kier molecular flexibility index (Phi) is 3.24. The van der Waals surface area contributed by atoms with Gasteiger partial charge in [-0.1, -0.05) is 0 Å². The maximum absolute atomic E-state index is 12.0. The van der Waals surface area contributed by atoms with E-state index in [2.05, 4.69) is 36.4 Å². The van der Waals surface area contributed by atoms with Crippen molar-refractivity contribution in [2.24, 2.45) is 0 Å². The number of hydrogen-bond donors (Lipinski definition) is 0. The van der Waals surface area contributed by atoms with Crippen LogP contribution < -0.4 is 4.90 Å². The molecule has 0 spiro atoms. The van der Waals surface area contributed by atoms with Gasteiger partial charge in [0, 0.05) is 21.2 Å². The first-order valence-corrected chi connectivity index (χ1v) is 6.67. The summed E-state index contributed by atoms with van der Waals surface area (Å²) in [6.45, 7) is 4.28. The molecule has 2 rings (SSSR count). The first-order valence-electron chi connectivity index (χ1n) is 5.59. The van der Waals surface area contributed by atoms with Crippen molar-refractivity contribution in [1.29, 1.82) is 0 Å². The topological polar surface area (TPSA) is 20.3 Å². The van der Waals surface area contributed by atoms with Crippen LogP contribution in [0.15, 0.2) is 24.3 Å². The number of amides is 1. The normalized spacial score (nSPS) is 19.9. The van der Waals surface area contributed by atoms with Crippen LogP contribution in [0.2, 0.25) is 0 Å². The lowest BCUT2D eigenvalue weighted by Gasteiger charge is -2.42. The first-order chi connectivity index (χ1) is 7.50. The molecule has 0 saturated carbocycles. The van der Waals surface area contributed by atoms with Crippen molar-refractivity contribution in [1.82, 2.24) is 0 Å². The van der Waals surface area contributed by atoms with Gasteiger partial charge in [-0.2, -0.15) is 0 Å². The Morgan fingerprint density at radius 2 is 1.88 bits per heavy atom. The number of nitrogens with zero attached hydrogens (tertiary/aromatic N) is 1. The monoisotopic (exact) mass is 329 g/mol. The smallest absolute Gasteiger partial charge is 0.227 e. The van der Waals surface area contributed by atoms with Gasteiger partial charge in [0.25, 0.3) is 0 Å². The fourth-order valence-electron chi connectivity index (χ4n) is 2.32. The number of carbonyl (C=O) groups is 1. The molecule has 3 heteroatoms. The molecule has 0 aliphatic carbocycles. The fourth-order valence-corrected chi connectivity index (χ4v) is 2.68. The lowest BCUT2D eigenvalue weighted by Crippen LogP contribution is -2.51. The second-order valence-corrected chi connectivity index (χ2v) is 6.12. The third-order valence-corrected chi connectivity index (χ3v) is 3.84. The highest BCUT2D eigenvalue weighted by Crippen LogP contribution is 2.33. The molecule has 2 nitrogen and oxygen atoms in total. The van der Waals surface area contributed by atoms with Crippen LogP contribution in [-0.2, 0) is 4.79 Å². The number of anilines is 1. The summed E-state index contributed by atoms with van der Waals surface area (Å²) in [4.78, 5) is 14.0. The van der Waals surface area contributed by atoms with Gasteiger partial charge >= 0.3 is 0 Å². The third kappa shape index (κ3) is 2.24. The third-order valence-electron chi connectivity index (χ3n) is 3.12. The quantitative estimate of drug-likeness (QED) is 0.721. The number of rotatable bonds is 1. The zero-order chi connectivity index (χ0) is 11.8. The number of piperidine rings is 1. The minimum absolute atomic E-state index is 0.0534. The highest BCUT2D eigenvalue weighted by Gasteiger charge is 2.35. The lowest BCUT2D eigenvalue weighted by molar-refractivity contribution is -0.121. The maximum Gasteiger partial charge on any atom is 0.227 e. The van der Waals surface area contributed by atoms with Crippen LogP contribution in [0.25, 0.3) is 0 Å². The molecule has 1 fully saturated rings. The van der Waals surface area contributed by atoms with E-state index in [1.165, 1.54) is 3.57 Å². The predicted octanol–water partition coefficient (Wildman–Crippen LogP) is 3.59. The summed E-state index contributed by atoms with van der Waals surface area (Å²) in [6, 6.07) is 8.17. The summed E-state index contributed by atoms with van der Waals surface area (Å²) in [7, 11) is 0. The van der Waals surface area contributed by atoms with Crippen molar-refractivity contribution in [3.8, 4) is 0 Å². The number of carbonyl (C=O) groups excluding carboxylic acids is 1. The van der Waals surface area contributed by atoms with Crippen molar-refractivity contribution in [2.45, 2.75) is 38.6 Å². The van der Waals surface area contributed by atoms with E-state index in [9.17, 15) is 4.79 Å². The van der Waals surface area contributed by atoms with Crippen molar-refractivity contribution < 1.29 is 4.79 Å². The zero-order valence-corrected chi connectivity index (χ0v) is 11.8. The van der Waals surface area contributed by atoms with E-state index in [-0.39, 0.29) is 11.4 Å². The standard InChI is InChI=1S/C13H16INO/c1-13(2)9-3-4-12(16)15(13)11-7-5-10(14)6-8-11/h5-8H,3-4,9H2,1-2H3. The van der Waals surface area contributed by atoms with E-state index in [4.69, 9.17) is 0 Å². The predicted molar refractivity (Wildman–Crippen MR) is 74.6 cm³/mol. The van der Waals surface area contributed by atoms with Gasteiger partial charge in [-0.15, -0.1) is 0 Å². The molecule has 16 heavy (non-hydrogen) atoms. The van der Waals surface area contributed by atoms with Crippen LogP contribution in [0, 0.1) is 3.57 Å². The van der Waals surface area contributed by atoms with E-state index in [1.54, 1.807) is 0 Å². The van der Waals surface area contributed by atoms with Crippen LogP contribution >= 0.6 is 22.6 Å². The molecular weight excluding hydrogens is 313 g/mol. The number of halogens is 1. The minimum Gasteiger partial charge on any atom is -0.307 e. The average Bonchev–Trinajstić information content (AvgIpc) is 2.19. The van der Waals surface area contributed by atoms with Gasteiger partial charge in [0.2, 0.25) is 5.91 Å². The van der Waals surface area contributed by atoms with E-state index in [0.29, 0.717) is 6.42 Å². The van der Waals surface area contributed by atoms with Crippen LogP contribution in [0.1, 0.15) is 33.1 Å². The van der Waals surface area contributed by atoms with Gasteiger partial charge in [-0.3, -0.25) is 4.79 Å². The molecule has 1 aromatic rings. The summed E-state index contributed by atoms with van der Waals surface area (Å²) < 4.78 is 1.20. The largest absolute Gasteiger partial charge is 0.307 e. The van der Waals surface area contributed by atoms with Crippen molar-refractivity contribution in [2.75, 3.05) is 4.90 Å². The molecule has 0 unspecified atom stereocenters. The van der Waals surface area contributed by atoms with Gasteiger partial charge in [0.15, 0.2) is 0 Å². The zero-order valence-electron chi connectivity index (χ0n) is 9.66. The summed E-state index contributed by atoms with van der Waals surface area (Å²) in [5.41, 5.74) is 0.970. The lowest BCUT2D eigenvalue weighted by atomic mass is 9.89. The van der Waals surface area contributed by atoms with Gasteiger partial charge in [0.1, 0.15) is 0 Å². The molecule has 86 valence electrons. The minimum atomic E-state index is -0.0534. The highest BCUT2D eigenvalue weighted by atomic mass is 127. The van der Waals surface area contributed by atoms with Gasteiger partial charge in [0.05, 0.1) is 0 Å². The van der Waals surface area contributed by atoms with Crippen molar-refractivity contribution >= 4 is 34.2 Å². The molecular formula is C13H16INO. The van der Waals surface area contributed by atoms with E-state index in [0.717, 1.165) is 18.5 Å². The summed E-state index contributed by atoms with van der Waals surface area (Å²) in [5, 5.41) is 0. The van der Waals surface area contributed by atoms with Crippen LogP contribution in [0.3, 0.4) is 0 Å². The molecule has 1 amide bonds. The number of benzene rings is 1.